The number of ether oxygens (including phenoxy) is 2. The molecule has 0 fully saturated rings. The lowest BCUT2D eigenvalue weighted by Crippen LogP contribution is -2.20. The largest absolute Gasteiger partial charge is 0.493 e. The predicted octanol–water partition coefficient (Wildman–Crippen LogP) is 2.75. The van der Waals surface area contributed by atoms with Crippen LogP contribution in [0.5, 0.6) is 11.5 Å². The number of fused-ring (bicyclic) bond motifs is 1. The van der Waals surface area contributed by atoms with Gasteiger partial charge >= 0.3 is 0 Å². The van der Waals surface area contributed by atoms with Crippen LogP contribution in [0.25, 0.3) is 0 Å². The second-order valence-corrected chi connectivity index (χ2v) is 5.77. The van der Waals surface area contributed by atoms with Gasteiger partial charge in [0.1, 0.15) is 18.1 Å². The fraction of sp³-hybridized carbons (Fsp3) is 0.316. The van der Waals surface area contributed by atoms with E-state index in [0.29, 0.717) is 6.61 Å². The zero-order valence-corrected chi connectivity index (χ0v) is 13.8. The fourth-order valence-corrected chi connectivity index (χ4v) is 2.69. The summed E-state index contributed by atoms with van der Waals surface area (Å²) in [5, 5.41) is 6.12. The number of carbonyl (C=O) groups excluding carboxylic acids is 1. The van der Waals surface area contributed by atoms with E-state index in [-0.39, 0.29) is 5.91 Å². The Labute approximate surface area is 142 Å². The summed E-state index contributed by atoms with van der Waals surface area (Å²) in [7, 11) is 0. The van der Waals surface area contributed by atoms with E-state index in [1.807, 2.05) is 30.3 Å². The second-order valence-electron chi connectivity index (χ2n) is 5.77. The monoisotopic (exact) mass is 326 g/mol. The Morgan fingerprint density at radius 3 is 3.04 bits per heavy atom. The van der Waals surface area contributed by atoms with Crippen LogP contribution in [0.1, 0.15) is 18.1 Å². The van der Waals surface area contributed by atoms with E-state index in [2.05, 4.69) is 22.8 Å². The normalized spacial score (nSPS) is 12.4. The van der Waals surface area contributed by atoms with Crippen LogP contribution in [0, 0.1) is 0 Å². The van der Waals surface area contributed by atoms with Gasteiger partial charge in [-0.3, -0.25) is 4.79 Å². The van der Waals surface area contributed by atoms with Crippen LogP contribution in [0.2, 0.25) is 0 Å². The van der Waals surface area contributed by atoms with E-state index in [1.54, 1.807) is 0 Å². The highest BCUT2D eigenvalue weighted by molar-refractivity contribution is 5.88. The predicted molar refractivity (Wildman–Crippen MR) is 93.6 cm³/mol. The van der Waals surface area contributed by atoms with Gasteiger partial charge in [-0.25, -0.2) is 0 Å². The molecule has 5 nitrogen and oxygen atoms in total. The molecule has 0 aliphatic carbocycles. The SMILES string of the molecule is CC(=O)Nc1cccc(OCCNCc2ccc3c(c2)CCO3)c1. The van der Waals surface area contributed by atoms with Crippen molar-refractivity contribution in [1.29, 1.82) is 0 Å². The number of amides is 1. The van der Waals surface area contributed by atoms with Gasteiger partial charge in [0, 0.05) is 38.2 Å². The lowest BCUT2D eigenvalue weighted by molar-refractivity contribution is -0.114. The molecular weight excluding hydrogens is 304 g/mol. The number of benzene rings is 2. The lowest BCUT2D eigenvalue weighted by atomic mass is 10.1. The summed E-state index contributed by atoms with van der Waals surface area (Å²) in [6.07, 6.45) is 0.997. The Morgan fingerprint density at radius 1 is 1.25 bits per heavy atom. The van der Waals surface area contributed by atoms with Crippen LogP contribution < -0.4 is 20.1 Å². The average molecular weight is 326 g/mol. The molecule has 0 atom stereocenters. The van der Waals surface area contributed by atoms with Gasteiger partial charge in [0.2, 0.25) is 5.91 Å². The average Bonchev–Trinajstić information content (AvgIpc) is 3.02. The third-order valence-electron chi connectivity index (χ3n) is 3.78. The van der Waals surface area contributed by atoms with E-state index in [1.165, 1.54) is 18.1 Å². The van der Waals surface area contributed by atoms with Crippen LogP contribution in [0.15, 0.2) is 42.5 Å². The van der Waals surface area contributed by atoms with Crippen molar-refractivity contribution < 1.29 is 14.3 Å². The standard InChI is InChI=1S/C19H22N2O3/c1-14(22)21-17-3-2-4-18(12-17)23-10-8-20-13-15-5-6-19-16(11-15)7-9-24-19/h2-6,11-12,20H,7-10,13H2,1H3,(H,21,22). The van der Waals surface area contributed by atoms with Gasteiger partial charge in [-0.2, -0.15) is 0 Å². The van der Waals surface area contributed by atoms with Gasteiger partial charge in [-0.1, -0.05) is 18.2 Å². The van der Waals surface area contributed by atoms with Gasteiger partial charge in [0.05, 0.1) is 6.61 Å². The van der Waals surface area contributed by atoms with Crippen molar-refractivity contribution in [2.75, 3.05) is 25.1 Å². The van der Waals surface area contributed by atoms with Crippen molar-refractivity contribution >= 4 is 11.6 Å². The summed E-state index contributed by atoms with van der Waals surface area (Å²) < 4.78 is 11.2. The van der Waals surface area contributed by atoms with E-state index < -0.39 is 0 Å². The second kappa shape index (κ2) is 7.84. The molecule has 3 rings (SSSR count). The minimum Gasteiger partial charge on any atom is -0.493 e. The molecule has 5 heteroatoms. The van der Waals surface area contributed by atoms with Gasteiger partial charge in [0.15, 0.2) is 0 Å². The number of rotatable bonds is 7. The van der Waals surface area contributed by atoms with Gasteiger partial charge < -0.3 is 20.1 Å². The van der Waals surface area contributed by atoms with Gasteiger partial charge in [-0.15, -0.1) is 0 Å². The molecule has 1 aliphatic heterocycles. The molecule has 0 spiro atoms. The smallest absolute Gasteiger partial charge is 0.221 e. The van der Waals surface area contributed by atoms with E-state index >= 15 is 0 Å². The van der Waals surface area contributed by atoms with Crippen molar-refractivity contribution in [3.63, 3.8) is 0 Å². The van der Waals surface area contributed by atoms with Gasteiger partial charge in [0.25, 0.3) is 0 Å². The summed E-state index contributed by atoms with van der Waals surface area (Å²) >= 11 is 0. The summed E-state index contributed by atoms with van der Waals surface area (Å²) in [5.74, 6) is 1.67. The first-order valence-electron chi connectivity index (χ1n) is 8.16. The van der Waals surface area contributed by atoms with E-state index in [0.717, 1.165) is 43.3 Å². The Hall–Kier alpha value is -2.53. The fourth-order valence-electron chi connectivity index (χ4n) is 2.69. The first-order valence-corrected chi connectivity index (χ1v) is 8.16. The minimum absolute atomic E-state index is 0.0893. The highest BCUT2D eigenvalue weighted by Gasteiger charge is 2.11. The van der Waals surface area contributed by atoms with Crippen molar-refractivity contribution in [3.8, 4) is 11.5 Å². The Bertz CT molecular complexity index is 716. The number of hydrogen-bond donors (Lipinski definition) is 2. The van der Waals surface area contributed by atoms with E-state index in [4.69, 9.17) is 9.47 Å². The zero-order valence-electron chi connectivity index (χ0n) is 13.8. The van der Waals surface area contributed by atoms with Crippen LogP contribution in [-0.2, 0) is 17.8 Å². The first kappa shape index (κ1) is 16.3. The first-order chi connectivity index (χ1) is 11.7. The molecule has 2 N–H and O–H groups in total. The number of hydrogen-bond acceptors (Lipinski definition) is 4. The maximum atomic E-state index is 11.1. The Morgan fingerprint density at radius 2 is 2.17 bits per heavy atom. The molecule has 0 radical (unpaired) electrons. The molecule has 0 bridgehead atoms. The highest BCUT2D eigenvalue weighted by atomic mass is 16.5. The molecule has 24 heavy (non-hydrogen) atoms. The molecule has 126 valence electrons. The molecular formula is C19H22N2O3. The number of carbonyl (C=O) groups is 1. The molecule has 0 saturated heterocycles. The van der Waals surface area contributed by atoms with Crippen molar-refractivity contribution in [1.82, 2.24) is 5.32 Å². The number of anilines is 1. The molecule has 2 aromatic carbocycles. The molecule has 1 aliphatic rings. The van der Waals surface area contributed by atoms with Crippen molar-refractivity contribution in [2.24, 2.45) is 0 Å². The van der Waals surface area contributed by atoms with Crippen LogP contribution in [0.3, 0.4) is 0 Å². The molecule has 1 amide bonds. The van der Waals surface area contributed by atoms with Crippen molar-refractivity contribution in [3.05, 3.63) is 53.6 Å². The molecule has 0 unspecified atom stereocenters. The van der Waals surface area contributed by atoms with Crippen LogP contribution in [0.4, 0.5) is 5.69 Å². The molecule has 2 aromatic rings. The van der Waals surface area contributed by atoms with Crippen LogP contribution in [-0.4, -0.2) is 25.7 Å². The summed E-state index contributed by atoms with van der Waals surface area (Å²) in [4.78, 5) is 11.1. The topological polar surface area (TPSA) is 59.6 Å². The molecule has 0 saturated carbocycles. The quantitative estimate of drug-likeness (QED) is 0.768. The number of nitrogens with one attached hydrogen (secondary N) is 2. The van der Waals surface area contributed by atoms with Crippen molar-refractivity contribution in [2.45, 2.75) is 19.9 Å². The summed E-state index contributed by atoms with van der Waals surface area (Å²) in [6.45, 7) is 4.40. The molecule has 0 aromatic heterocycles. The summed E-state index contributed by atoms with van der Waals surface area (Å²) in [6, 6.07) is 13.7. The third-order valence-corrected chi connectivity index (χ3v) is 3.78. The Kier molecular flexibility index (Phi) is 5.33. The minimum atomic E-state index is -0.0893. The Balaban J connectivity index is 1.40. The van der Waals surface area contributed by atoms with Gasteiger partial charge in [-0.05, 0) is 29.3 Å². The highest BCUT2D eigenvalue weighted by Crippen LogP contribution is 2.25. The maximum absolute atomic E-state index is 11.1. The zero-order chi connectivity index (χ0) is 16.8. The maximum Gasteiger partial charge on any atom is 0.221 e. The summed E-state index contributed by atoms with van der Waals surface area (Å²) in [5.41, 5.74) is 3.29. The third kappa shape index (κ3) is 4.49. The van der Waals surface area contributed by atoms with Crippen LogP contribution >= 0.6 is 0 Å². The lowest BCUT2D eigenvalue weighted by Gasteiger charge is -2.10. The molecule has 1 heterocycles. The van der Waals surface area contributed by atoms with E-state index in [9.17, 15) is 4.79 Å².